The van der Waals surface area contributed by atoms with E-state index in [9.17, 15) is 0 Å². The van der Waals surface area contributed by atoms with Crippen LogP contribution < -0.4 is 4.90 Å². The molecule has 0 bridgehead atoms. The summed E-state index contributed by atoms with van der Waals surface area (Å²) in [5.74, 6) is 0.325. The average molecular weight is 694 g/mol. The first-order valence-corrected chi connectivity index (χ1v) is 19.1. The lowest BCUT2D eigenvalue weighted by atomic mass is 9.80. The quantitative estimate of drug-likeness (QED) is 0.171. The molecule has 0 fully saturated rings. The van der Waals surface area contributed by atoms with Crippen molar-refractivity contribution < 1.29 is 4.42 Å². The molecule has 2 aliphatic rings. The molecule has 9 aromatic rings. The monoisotopic (exact) mass is 693 g/mol. The lowest BCUT2D eigenvalue weighted by Gasteiger charge is -2.26. The maximum atomic E-state index is 6.69. The number of rotatable bonds is 3. The smallest absolute Gasteiger partial charge is 0.143 e. The van der Waals surface area contributed by atoms with Crippen molar-refractivity contribution in [1.29, 1.82) is 0 Å². The third kappa shape index (κ3) is 4.59. The molecule has 0 radical (unpaired) electrons. The molecule has 1 aliphatic carbocycles. The molecule has 1 aromatic heterocycles. The Hall–Kier alpha value is -6.38. The van der Waals surface area contributed by atoms with Gasteiger partial charge in [-0.15, -0.1) is 0 Å². The summed E-state index contributed by atoms with van der Waals surface area (Å²) in [5.41, 5.74) is 13.1. The van der Waals surface area contributed by atoms with Crippen molar-refractivity contribution in [3.05, 3.63) is 181 Å². The highest BCUT2D eigenvalue weighted by atomic mass is 16.3. The third-order valence-electron chi connectivity index (χ3n) is 11.9. The molecule has 2 nitrogen and oxygen atoms in total. The van der Waals surface area contributed by atoms with Gasteiger partial charge in [0.05, 0.1) is 5.69 Å². The van der Waals surface area contributed by atoms with Crippen LogP contribution in [-0.2, 0) is 5.41 Å². The van der Waals surface area contributed by atoms with Gasteiger partial charge in [-0.2, -0.15) is 0 Å². The molecule has 0 saturated heterocycles. The van der Waals surface area contributed by atoms with E-state index in [0.29, 0.717) is 5.92 Å². The van der Waals surface area contributed by atoms with Crippen LogP contribution in [0.4, 0.5) is 11.4 Å². The van der Waals surface area contributed by atoms with Gasteiger partial charge < -0.3 is 9.32 Å². The van der Waals surface area contributed by atoms with Crippen LogP contribution in [0, 0.1) is 0 Å². The maximum absolute atomic E-state index is 6.69. The van der Waals surface area contributed by atoms with Gasteiger partial charge in [0.1, 0.15) is 11.2 Å². The maximum Gasteiger partial charge on any atom is 0.143 e. The summed E-state index contributed by atoms with van der Waals surface area (Å²) in [5, 5.41) is 10.1. The average Bonchev–Trinajstić information content (AvgIpc) is 3.76. The second kappa shape index (κ2) is 11.6. The van der Waals surface area contributed by atoms with Crippen molar-refractivity contribution in [2.75, 3.05) is 4.90 Å². The summed E-state index contributed by atoms with van der Waals surface area (Å²) in [6.07, 6.45) is 7.83. The van der Waals surface area contributed by atoms with Gasteiger partial charge in [-0.05, 0) is 108 Å². The predicted molar refractivity (Wildman–Crippen MR) is 229 cm³/mol. The SMILES string of the molecule is CC(C)(C)c1ccc2c(oc3ccccc32)c1-c1ccc2c(c1)N(c1ccc(-c3ccc4c5ccccc5c5ccccc5c4c3)cc1)C1=CC=CCC12. The van der Waals surface area contributed by atoms with E-state index >= 15 is 0 Å². The molecule has 0 spiro atoms. The zero-order chi connectivity index (χ0) is 36.1. The van der Waals surface area contributed by atoms with Crippen molar-refractivity contribution >= 4 is 65.6 Å². The number of furan rings is 1. The van der Waals surface area contributed by atoms with Crippen molar-refractivity contribution in [2.45, 2.75) is 38.5 Å². The Kier molecular flexibility index (Phi) is 6.67. The molecule has 0 N–H and O–H groups in total. The van der Waals surface area contributed by atoms with Gasteiger partial charge in [-0.25, -0.2) is 0 Å². The molecule has 0 saturated carbocycles. The Balaban J connectivity index is 1.05. The number of benzene rings is 8. The van der Waals surface area contributed by atoms with Crippen molar-refractivity contribution in [3.63, 3.8) is 0 Å². The summed E-state index contributed by atoms with van der Waals surface area (Å²) in [4.78, 5) is 2.49. The molecule has 8 aromatic carbocycles. The van der Waals surface area contributed by atoms with E-state index in [-0.39, 0.29) is 5.41 Å². The van der Waals surface area contributed by atoms with Crippen molar-refractivity contribution in [1.82, 2.24) is 0 Å². The Bertz CT molecular complexity index is 3020. The van der Waals surface area contributed by atoms with Crippen LogP contribution in [0.2, 0.25) is 0 Å². The molecular weight excluding hydrogens is 655 g/mol. The fraction of sp³-hybridized carbons (Fsp3) is 0.115. The zero-order valence-corrected chi connectivity index (χ0v) is 30.7. The van der Waals surface area contributed by atoms with Crippen molar-refractivity contribution in [2.24, 2.45) is 0 Å². The van der Waals surface area contributed by atoms with Crippen LogP contribution in [0.15, 0.2) is 174 Å². The Morgan fingerprint density at radius 3 is 1.89 bits per heavy atom. The van der Waals surface area contributed by atoms with E-state index in [1.807, 2.05) is 0 Å². The summed E-state index contributed by atoms with van der Waals surface area (Å²) in [6.45, 7) is 6.90. The number of fused-ring (bicyclic) bond motifs is 12. The van der Waals surface area contributed by atoms with E-state index in [0.717, 1.165) is 28.4 Å². The molecule has 1 unspecified atom stereocenters. The van der Waals surface area contributed by atoms with E-state index in [1.165, 1.54) is 82.8 Å². The van der Waals surface area contributed by atoms with Gasteiger partial charge in [0.15, 0.2) is 0 Å². The Morgan fingerprint density at radius 2 is 1.17 bits per heavy atom. The molecule has 2 heterocycles. The Labute approximate surface area is 315 Å². The molecule has 54 heavy (non-hydrogen) atoms. The van der Waals surface area contributed by atoms with E-state index in [1.54, 1.807) is 0 Å². The third-order valence-corrected chi connectivity index (χ3v) is 11.9. The van der Waals surface area contributed by atoms with Crippen molar-refractivity contribution in [3.8, 4) is 22.3 Å². The molecule has 2 heteroatoms. The minimum Gasteiger partial charge on any atom is -0.455 e. The van der Waals surface area contributed by atoms with Crippen LogP contribution in [0.1, 0.15) is 44.2 Å². The summed E-state index contributed by atoms with van der Waals surface area (Å²) in [6, 6.07) is 53.8. The van der Waals surface area contributed by atoms with Crippen LogP contribution in [0.5, 0.6) is 0 Å². The van der Waals surface area contributed by atoms with Crippen LogP contribution >= 0.6 is 0 Å². The lowest BCUT2D eigenvalue weighted by molar-refractivity contribution is 0.589. The van der Waals surface area contributed by atoms with E-state index < -0.39 is 0 Å². The van der Waals surface area contributed by atoms with E-state index in [4.69, 9.17) is 4.42 Å². The highest BCUT2D eigenvalue weighted by Gasteiger charge is 2.36. The van der Waals surface area contributed by atoms with Gasteiger partial charge in [-0.1, -0.05) is 148 Å². The minimum absolute atomic E-state index is 0.0698. The Morgan fingerprint density at radius 1 is 0.556 bits per heavy atom. The summed E-state index contributed by atoms with van der Waals surface area (Å²) >= 11 is 0. The number of allylic oxidation sites excluding steroid dienone is 4. The second-order valence-electron chi connectivity index (χ2n) is 16.0. The summed E-state index contributed by atoms with van der Waals surface area (Å²) in [7, 11) is 0. The standard InChI is InChI=1S/C52H39NO/c1-52(2,3)46-29-28-44-43-17-9-11-19-49(43)54-51(44)50(46)34-23-27-42-41-16-8-10-18-47(41)53(48(42)31-34)35-24-20-32(21-25-35)33-22-26-40-38-14-5-4-12-36(38)37-13-6-7-15-39(37)45(40)30-33/h4-15,17-31,41H,16H2,1-3H3. The first kappa shape index (κ1) is 31.2. The first-order chi connectivity index (χ1) is 26.4. The molecule has 1 aliphatic heterocycles. The number of hydrogen-bond acceptors (Lipinski definition) is 2. The number of nitrogens with zero attached hydrogens (tertiary/aromatic N) is 1. The first-order valence-electron chi connectivity index (χ1n) is 19.1. The molecule has 11 rings (SSSR count). The van der Waals surface area contributed by atoms with Gasteiger partial charge in [0.25, 0.3) is 0 Å². The van der Waals surface area contributed by atoms with Gasteiger partial charge in [0.2, 0.25) is 0 Å². The second-order valence-corrected chi connectivity index (χ2v) is 16.0. The molecule has 1 atom stereocenters. The predicted octanol–water partition coefficient (Wildman–Crippen LogP) is 14.8. The van der Waals surface area contributed by atoms with Crippen LogP contribution in [0.3, 0.4) is 0 Å². The lowest BCUT2D eigenvalue weighted by Crippen LogP contribution is -2.14. The molecule has 258 valence electrons. The normalized spacial score (nSPS) is 15.4. The number of para-hydroxylation sites is 1. The summed E-state index contributed by atoms with van der Waals surface area (Å²) < 4.78 is 6.69. The fourth-order valence-corrected chi connectivity index (χ4v) is 9.34. The molecule has 0 amide bonds. The largest absolute Gasteiger partial charge is 0.455 e. The zero-order valence-electron chi connectivity index (χ0n) is 30.7. The van der Waals surface area contributed by atoms with Gasteiger partial charge in [-0.3, -0.25) is 0 Å². The minimum atomic E-state index is -0.0698. The topological polar surface area (TPSA) is 16.4 Å². The highest BCUT2D eigenvalue weighted by Crippen LogP contribution is 2.53. The van der Waals surface area contributed by atoms with Crippen LogP contribution in [0.25, 0.3) is 76.5 Å². The molecular formula is C52H39NO. The number of anilines is 2. The highest BCUT2D eigenvalue weighted by molar-refractivity contribution is 6.25. The van der Waals surface area contributed by atoms with Crippen LogP contribution in [-0.4, -0.2) is 0 Å². The fourth-order valence-electron chi connectivity index (χ4n) is 9.34. The van der Waals surface area contributed by atoms with E-state index in [2.05, 4.69) is 189 Å². The number of hydrogen-bond donors (Lipinski definition) is 0. The van der Waals surface area contributed by atoms with Gasteiger partial charge >= 0.3 is 0 Å². The van der Waals surface area contributed by atoms with Gasteiger partial charge in [0, 0.05) is 33.6 Å².